The monoisotopic (exact) mass is 469 g/mol. The van der Waals surface area contributed by atoms with Gasteiger partial charge in [0.1, 0.15) is 0 Å². The van der Waals surface area contributed by atoms with Gasteiger partial charge in [-0.05, 0) is 88.0 Å². The van der Waals surface area contributed by atoms with Gasteiger partial charge in [-0.2, -0.15) is 0 Å². The van der Waals surface area contributed by atoms with Crippen molar-refractivity contribution in [3.63, 3.8) is 0 Å². The molecule has 0 heterocycles. The first-order valence-electron chi connectivity index (χ1n) is 12.2. The number of para-hydroxylation sites is 2. The summed E-state index contributed by atoms with van der Waals surface area (Å²) in [6.07, 6.45) is 0. The fourth-order valence-electron chi connectivity index (χ4n) is 5.35. The molecule has 0 aliphatic heterocycles. The molecule has 2 N–H and O–H groups in total. The van der Waals surface area contributed by atoms with Crippen LogP contribution in [0.1, 0.15) is 25.0 Å². The van der Waals surface area contributed by atoms with Crippen LogP contribution in [0.3, 0.4) is 0 Å². The van der Waals surface area contributed by atoms with Crippen LogP contribution in [-0.4, -0.2) is 10.2 Å². The normalized spacial score (nSPS) is 13.2. The van der Waals surface area contributed by atoms with E-state index in [4.69, 9.17) is 0 Å². The lowest BCUT2D eigenvalue weighted by Crippen LogP contribution is -2.16. The zero-order chi connectivity index (χ0) is 24.9. The largest absolute Gasteiger partial charge is 0.504 e. The van der Waals surface area contributed by atoms with E-state index in [1.807, 2.05) is 18.2 Å². The Kier molecular flexibility index (Phi) is 5.08. The average molecular weight is 470 g/mol. The van der Waals surface area contributed by atoms with Crippen LogP contribution in [0, 0.1) is 0 Å². The zero-order valence-electron chi connectivity index (χ0n) is 20.3. The molecule has 0 saturated heterocycles. The Morgan fingerprint density at radius 1 is 0.500 bits per heavy atom. The lowest BCUT2D eigenvalue weighted by molar-refractivity contribution is 0.404. The number of phenols is 2. The van der Waals surface area contributed by atoms with Gasteiger partial charge in [0.05, 0.1) is 0 Å². The molecule has 0 radical (unpaired) electrons. The minimum atomic E-state index is -0.200. The van der Waals surface area contributed by atoms with E-state index in [0.717, 1.165) is 28.2 Å². The van der Waals surface area contributed by atoms with E-state index < -0.39 is 0 Å². The van der Waals surface area contributed by atoms with Gasteiger partial charge in [0, 0.05) is 22.5 Å². The van der Waals surface area contributed by atoms with Gasteiger partial charge in [0.2, 0.25) is 0 Å². The summed E-state index contributed by atoms with van der Waals surface area (Å²) >= 11 is 0. The summed E-state index contributed by atoms with van der Waals surface area (Å²) in [5.74, 6) is -0.219. The molecule has 0 bridgehead atoms. The molecular weight excluding hydrogens is 442 g/mol. The number of hydrogen-bond acceptors (Lipinski definition) is 3. The van der Waals surface area contributed by atoms with E-state index >= 15 is 0 Å². The fraction of sp³-hybridized carbons (Fsp3) is 0.0909. The van der Waals surface area contributed by atoms with E-state index in [1.165, 1.54) is 28.3 Å². The van der Waals surface area contributed by atoms with Crippen LogP contribution in [0.5, 0.6) is 11.5 Å². The molecule has 36 heavy (non-hydrogen) atoms. The highest BCUT2D eigenvalue weighted by Crippen LogP contribution is 2.51. The second-order valence-electron chi connectivity index (χ2n) is 9.83. The SMILES string of the molecule is CC1(C)c2cc(-c3ccc(O)c(O)c3)ccc2-c2ccc(N(c3ccccc3)c3ccccc3)cc21. The van der Waals surface area contributed by atoms with E-state index in [9.17, 15) is 10.2 Å². The van der Waals surface area contributed by atoms with Crippen molar-refractivity contribution in [1.29, 1.82) is 0 Å². The van der Waals surface area contributed by atoms with Gasteiger partial charge in [-0.25, -0.2) is 0 Å². The predicted octanol–water partition coefficient (Wildman–Crippen LogP) is 8.54. The van der Waals surface area contributed by atoms with Crippen molar-refractivity contribution in [1.82, 2.24) is 0 Å². The summed E-state index contributed by atoms with van der Waals surface area (Å²) in [7, 11) is 0. The Bertz CT molecular complexity index is 1530. The number of hydrogen-bond donors (Lipinski definition) is 2. The first kappa shape index (κ1) is 22.0. The Hall–Kier alpha value is -4.50. The third-order valence-corrected chi connectivity index (χ3v) is 7.26. The minimum absolute atomic E-state index is 0.109. The third-order valence-electron chi connectivity index (χ3n) is 7.26. The zero-order valence-corrected chi connectivity index (χ0v) is 20.3. The summed E-state index contributed by atoms with van der Waals surface area (Å²) < 4.78 is 0. The molecule has 176 valence electrons. The standard InChI is InChI=1S/C33H27NO2/c1-33(2)29-19-22(23-14-18-31(35)32(36)20-23)13-16-27(29)28-17-15-26(21-30(28)33)34(24-9-5-3-6-10-24)25-11-7-4-8-12-25/h3-21,35-36H,1-2H3. The van der Waals surface area contributed by atoms with Crippen molar-refractivity contribution in [3.05, 3.63) is 126 Å². The van der Waals surface area contributed by atoms with Crippen LogP contribution in [0.2, 0.25) is 0 Å². The molecule has 6 rings (SSSR count). The van der Waals surface area contributed by atoms with Crippen LogP contribution < -0.4 is 4.90 Å². The van der Waals surface area contributed by atoms with Gasteiger partial charge in [-0.3, -0.25) is 0 Å². The lowest BCUT2D eigenvalue weighted by Gasteiger charge is -2.28. The average Bonchev–Trinajstić information content (AvgIpc) is 3.13. The molecule has 0 aromatic heterocycles. The van der Waals surface area contributed by atoms with Crippen molar-refractivity contribution < 1.29 is 10.2 Å². The number of benzene rings is 5. The molecule has 0 unspecified atom stereocenters. The predicted molar refractivity (Wildman–Crippen MR) is 147 cm³/mol. The molecule has 0 fully saturated rings. The summed E-state index contributed by atoms with van der Waals surface area (Å²) in [5, 5.41) is 19.7. The van der Waals surface area contributed by atoms with Gasteiger partial charge >= 0.3 is 0 Å². The quantitative estimate of drug-likeness (QED) is 0.259. The fourth-order valence-corrected chi connectivity index (χ4v) is 5.35. The molecule has 0 saturated carbocycles. The van der Waals surface area contributed by atoms with Gasteiger partial charge < -0.3 is 15.1 Å². The van der Waals surface area contributed by atoms with Gasteiger partial charge in [-0.1, -0.05) is 74.5 Å². The first-order valence-corrected chi connectivity index (χ1v) is 12.2. The molecule has 5 aromatic carbocycles. The van der Waals surface area contributed by atoms with Crippen molar-refractivity contribution >= 4 is 17.1 Å². The smallest absolute Gasteiger partial charge is 0.158 e. The highest BCUT2D eigenvalue weighted by atomic mass is 16.3. The summed E-state index contributed by atoms with van der Waals surface area (Å²) in [5.41, 5.74) is 10.1. The summed E-state index contributed by atoms with van der Waals surface area (Å²) in [4.78, 5) is 2.30. The topological polar surface area (TPSA) is 43.7 Å². The highest BCUT2D eigenvalue weighted by Gasteiger charge is 2.36. The van der Waals surface area contributed by atoms with Crippen molar-refractivity contribution in [2.24, 2.45) is 0 Å². The molecule has 1 aliphatic carbocycles. The maximum Gasteiger partial charge on any atom is 0.158 e. The highest BCUT2D eigenvalue weighted by molar-refractivity contribution is 5.87. The molecule has 1 aliphatic rings. The third kappa shape index (κ3) is 3.52. The number of fused-ring (bicyclic) bond motifs is 3. The van der Waals surface area contributed by atoms with E-state index in [-0.39, 0.29) is 16.9 Å². The van der Waals surface area contributed by atoms with Crippen molar-refractivity contribution in [2.45, 2.75) is 19.3 Å². The Morgan fingerprint density at radius 3 is 1.64 bits per heavy atom. The van der Waals surface area contributed by atoms with E-state index in [1.54, 1.807) is 6.07 Å². The second-order valence-corrected chi connectivity index (χ2v) is 9.83. The number of nitrogens with zero attached hydrogens (tertiary/aromatic N) is 1. The molecule has 0 atom stereocenters. The summed E-state index contributed by atoms with van der Waals surface area (Å²) in [6, 6.07) is 39.1. The van der Waals surface area contributed by atoms with Crippen LogP contribution >= 0.6 is 0 Å². The minimum Gasteiger partial charge on any atom is -0.504 e. The van der Waals surface area contributed by atoms with Crippen LogP contribution in [0.15, 0.2) is 115 Å². The number of rotatable bonds is 4. The molecular formula is C33H27NO2. The Morgan fingerprint density at radius 2 is 1.03 bits per heavy atom. The van der Waals surface area contributed by atoms with Crippen LogP contribution in [0.4, 0.5) is 17.1 Å². The van der Waals surface area contributed by atoms with E-state index in [0.29, 0.717) is 0 Å². The molecule has 3 heteroatoms. The second kappa shape index (κ2) is 8.31. The lowest BCUT2D eigenvalue weighted by atomic mass is 9.81. The molecule has 5 aromatic rings. The Balaban J connectivity index is 1.46. The molecule has 3 nitrogen and oxygen atoms in total. The Labute approximate surface area is 211 Å². The number of anilines is 3. The van der Waals surface area contributed by atoms with Gasteiger partial charge in [0.15, 0.2) is 11.5 Å². The van der Waals surface area contributed by atoms with Gasteiger partial charge in [0.25, 0.3) is 0 Å². The van der Waals surface area contributed by atoms with Crippen LogP contribution in [0.25, 0.3) is 22.3 Å². The van der Waals surface area contributed by atoms with Crippen molar-refractivity contribution in [2.75, 3.05) is 4.90 Å². The molecule has 0 amide bonds. The summed E-state index contributed by atoms with van der Waals surface area (Å²) in [6.45, 7) is 4.55. The van der Waals surface area contributed by atoms with Gasteiger partial charge in [-0.15, -0.1) is 0 Å². The molecule has 0 spiro atoms. The first-order chi connectivity index (χ1) is 17.4. The van der Waals surface area contributed by atoms with Crippen LogP contribution in [-0.2, 0) is 5.41 Å². The maximum atomic E-state index is 10.0. The number of aromatic hydroxyl groups is 2. The number of phenolic OH excluding ortho intramolecular Hbond substituents is 2. The van der Waals surface area contributed by atoms with E-state index in [2.05, 4.69) is 104 Å². The van der Waals surface area contributed by atoms with Crippen molar-refractivity contribution in [3.8, 4) is 33.8 Å². The maximum absolute atomic E-state index is 10.0.